The van der Waals surface area contributed by atoms with Gasteiger partial charge in [-0.05, 0) is 36.1 Å². The summed E-state index contributed by atoms with van der Waals surface area (Å²) in [6.07, 6.45) is 0.807. The van der Waals surface area contributed by atoms with Crippen LogP contribution in [0.25, 0.3) is 0 Å². The Morgan fingerprint density at radius 1 is 1.04 bits per heavy atom. The van der Waals surface area contributed by atoms with Gasteiger partial charge in [-0.2, -0.15) is 0 Å². The van der Waals surface area contributed by atoms with Crippen LogP contribution >= 0.6 is 0 Å². The second-order valence-corrected chi connectivity index (χ2v) is 5.56. The van der Waals surface area contributed by atoms with Crippen LogP contribution in [-0.2, 0) is 17.6 Å². The predicted octanol–water partition coefficient (Wildman–Crippen LogP) is 0.898. The highest BCUT2D eigenvalue weighted by atomic mass is 16.5. The molecule has 0 fully saturated rings. The number of ether oxygens (including phenoxy) is 1. The molecule has 0 aliphatic rings. The van der Waals surface area contributed by atoms with E-state index in [1.807, 2.05) is 42.5 Å². The van der Waals surface area contributed by atoms with Gasteiger partial charge in [0.2, 0.25) is 0 Å². The van der Waals surface area contributed by atoms with Gasteiger partial charge in [0.25, 0.3) is 0 Å². The van der Waals surface area contributed by atoms with Crippen molar-refractivity contribution in [3.05, 3.63) is 65.7 Å². The topological polar surface area (TPSA) is 90.5 Å². The van der Waals surface area contributed by atoms with E-state index in [-0.39, 0.29) is 6.42 Å². The minimum atomic E-state index is -1.31. The molecular formula is C19H21N2O4-. The Hall–Kier alpha value is -3.02. The third-order valence-corrected chi connectivity index (χ3v) is 3.73. The minimum absolute atomic E-state index is 0.176. The third-order valence-electron chi connectivity index (χ3n) is 3.73. The van der Waals surface area contributed by atoms with Crippen LogP contribution in [0.2, 0.25) is 0 Å². The maximum Gasteiger partial charge on any atom is 0.315 e. The first-order valence-electron chi connectivity index (χ1n) is 8.00. The SMILES string of the molecule is COc1ccc(CCNC(=O)N[C@@H](Cc2ccccc2)C(=O)[O-])cc1. The zero-order valence-corrected chi connectivity index (χ0v) is 14.0. The lowest BCUT2D eigenvalue weighted by molar-refractivity contribution is -0.308. The Bertz CT molecular complexity index is 686. The van der Waals surface area contributed by atoms with Crippen molar-refractivity contribution < 1.29 is 19.4 Å². The number of carbonyl (C=O) groups is 2. The first kappa shape index (κ1) is 18.3. The van der Waals surface area contributed by atoms with E-state index in [4.69, 9.17) is 4.74 Å². The Morgan fingerprint density at radius 3 is 2.32 bits per heavy atom. The predicted molar refractivity (Wildman–Crippen MR) is 92.2 cm³/mol. The fourth-order valence-electron chi connectivity index (χ4n) is 2.36. The first-order valence-corrected chi connectivity index (χ1v) is 8.00. The van der Waals surface area contributed by atoms with Gasteiger partial charge in [-0.1, -0.05) is 42.5 Å². The standard InChI is InChI=1S/C19H22N2O4/c1-25-16-9-7-14(8-10-16)11-12-20-19(24)21-17(18(22)23)13-15-5-3-2-4-6-15/h2-10,17H,11-13H2,1H3,(H,22,23)(H2,20,21,24)/p-1/t17-/m0/s1. The summed E-state index contributed by atoms with van der Waals surface area (Å²) in [6.45, 7) is 0.392. The van der Waals surface area contributed by atoms with E-state index in [0.717, 1.165) is 16.9 Å². The Kier molecular flexibility index (Phi) is 6.83. The molecule has 6 nitrogen and oxygen atoms in total. The lowest BCUT2D eigenvalue weighted by atomic mass is 10.1. The summed E-state index contributed by atoms with van der Waals surface area (Å²) >= 11 is 0. The Balaban J connectivity index is 1.79. The van der Waals surface area contributed by atoms with E-state index in [9.17, 15) is 14.7 Å². The van der Waals surface area contributed by atoms with Crippen LogP contribution in [0.5, 0.6) is 5.75 Å². The summed E-state index contributed by atoms with van der Waals surface area (Å²) in [5.74, 6) is -0.540. The number of hydrogen-bond acceptors (Lipinski definition) is 4. The van der Waals surface area contributed by atoms with E-state index in [2.05, 4.69) is 10.6 Å². The smallest absolute Gasteiger partial charge is 0.315 e. The molecule has 0 saturated carbocycles. The fraction of sp³-hybridized carbons (Fsp3) is 0.263. The van der Waals surface area contributed by atoms with E-state index in [1.165, 1.54) is 0 Å². The number of aliphatic carboxylic acids is 1. The molecule has 0 aliphatic heterocycles. The van der Waals surface area contributed by atoms with E-state index < -0.39 is 18.0 Å². The van der Waals surface area contributed by atoms with Gasteiger partial charge in [-0.3, -0.25) is 0 Å². The summed E-state index contributed by atoms with van der Waals surface area (Å²) in [6, 6.07) is 15.0. The number of methoxy groups -OCH3 is 1. The van der Waals surface area contributed by atoms with Crippen molar-refractivity contribution in [1.29, 1.82) is 0 Å². The number of carboxylic acid groups (broad SMARTS) is 1. The molecule has 2 aromatic rings. The average Bonchev–Trinajstić information content (AvgIpc) is 2.62. The number of nitrogens with one attached hydrogen (secondary N) is 2. The molecule has 0 unspecified atom stereocenters. The van der Waals surface area contributed by atoms with Crippen LogP contribution in [-0.4, -0.2) is 31.7 Å². The highest BCUT2D eigenvalue weighted by Gasteiger charge is 2.13. The average molecular weight is 341 g/mol. The maximum atomic E-state index is 11.9. The Labute approximate surface area is 146 Å². The number of hydrogen-bond donors (Lipinski definition) is 2. The monoisotopic (exact) mass is 341 g/mol. The van der Waals surface area contributed by atoms with Crippen molar-refractivity contribution in [3.8, 4) is 5.75 Å². The van der Waals surface area contributed by atoms with Crippen LogP contribution in [0.1, 0.15) is 11.1 Å². The van der Waals surface area contributed by atoms with E-state index in [0.29, 0.717) is 13.0 Å². The molecule has 25 heavy (non-hydrogen) atoms. The molecule has 2 amide bonds. The highest BCUT2D eigenvalue weighted by Crippen LogP contribution is 2.11. The molecule has 0 aliphatic carbocycles. The molecule has 2 N–H and O–H groups in total. The summed E-state index contributed by atoms with van der Waals surface area (Å²) in [5.41, 5.74) is 1.86. The van der Waals surface area contributed by atoms with Crippen LogP contribution in [0.4, 0.5) is 4.79 Å². The minimum Gasteiger partial charge on any atom is -0.548 e. The molecular weight excluding hydrogens is 320 g/mol. The number of benzene rings is 2. The van der Waals surface area contributed by atoms with Crippen molar-refractivity contribution in [2.75, 3.05) is 13.7 Å². The zero-order chi connectivity index (χ0) is 18.1. The van der Waals surface area contributed by atoms with Crippen LogP contribution < -0.4 is 20.5 Å². The summed E-state index contributed by atoms with van der Waals surface area (Å²) < 4.78 is 5.09. The third kappa shape index (κ3) is 6.18. The summed E-state index contributed by atoms with van der Waals surface area (Å²) in [5, 5.41) is 16.3. The number of carboxylic acids is 1. The van der Waals surface area contributed by atoms with E-state index >= 15 is 0 Å². The molecule has 0 spiro atoms. The number of amides is 2. The van der Waals surface area contributed by atoms with Gasteiger partial charge in [-0.25, -0.2) is 4.79 Å². The van der Waals surface area contributed by atoms with Gasteiger partial charge in [0.05, 0.1) is 19.1 Å². The summed E-state index contributed by atoms with van der Waals surface area (Å²) in [4.78, 5) is 23.1. The second-order valence-electron chi connectivity index (χ2n) is 5.56. The van der Waals surface area contributed by atoms with Gasteiger partial charge in [0, 0.05) is 6.54 Å². The van der Waals surface area contributed by atoms with Crippen LogP contribution in [0, 0.1) is 0 Å². The molecule has 0 aromatic heterocycles. The number of rotatable bonds is 8. The lowest BCUT2D eigenvalue weighted by Crippen LogP contribution is -2.52. The van der Waals surface area contributed by atoms with Crippen LogP contribution in [0.3, 0.4) is 0 Å². The molecule has 0 saturated heterocycles. The molecule has 132 valence electrons. The van der Waals surface area contributed by atoms with E-state index in [1.54, 1.807) is 19.2 Å². The number of urea groups is 1. The quantitative estimate of drug-likeness (QED) is 0.746. The normalized spacial score (nSPS) is 11.4. The van der Waals surface area contributed by atoms with Gasteiger partial charge in [-0.15, -0.1) is 0 Å². The first-order chi connectivity index (χ1) is 12.1. The largest absolute Gasteiger partial charge is 0.548 e. The molecule has 0 bridgehead atoms. The van der Waals surface area contributed by atoms with Crippen molar-refractivity contribution >= 4 is 12.0 Å². The molecule has 0 radical (unpaired) electrons. The van der Waals surface area contributed by atoms with Gasteiger partial charge in [0.15, 0.2) is 0 Å². The molecule has 6 heteroatoms. The Morgan fingerprint density at radius 2 is 1.72 bits per heavy atom. The zero-order valence-electron chi connectivity index (χ0n) is 14.0. The van der Waals surface area contributed by atoms with Crippen molar-refractivity contribution in [2.45, 2.75) is 18.9 Å². The number of carbonyl (C=O) groups excluding carboxylic acids is 2. The molecule has 2 aromatic carbocycles. The van der Waals surface area contributed by atoms with Crippen molar-refractivity contribution in [3.63, 3.8) is 0 Å². The van der Waals surface area contributed by atoms with Crippen molar-refractivity contribution in [1.82, 2.24) is 10.6 Å². The molecule has 1 atom stereocenters. The van der Waals surface area contributed by atoms with Gasteiger partial charge in [0.1, 0.15) is 5.75 Å². The lowest BCUT2D eigenvalue weighted by Gasteiger charge is -2.20. The van der Waals surface area contributed by atoms with Gasteiger partial charge < -0.3 is 25.3 Å². The summed E-state index contributed by atoms with van der Waals surface area (Å²) in [7, 11) is 1.60. The van der Waals surface area contributed by atoms with Gasteiger partial charge >= 0.3 is 6.03 Å². The highest BCUT2D eigenvalue weighted by molar-refractivity contribution is 5.81. The van der Waals surface area contributed by atoms with Crippen LogP contribution in [0.15, 0.2) is 54.6 Å². The fourth-order valence-corrected chi connectivity index (χ4v) is 2.36. The molecule has 0 heterocycles. The second kappa shape index (κ2) is 9.32. The maximum absolute atomic E-state index is 11.9. The molecule has 2 rings (SSSR count). The van der Waals surface area contributed by atoms with Crippen molar-refractivity contribution in [2.24, 2.45) is 0 Å².